The summed E-state index contributed by atoms with van der Waals surface area (Å²) in [4.78, 5) is 37.8. The zero-order valence-corrected chi connectivity index (χ0v) is 18.2. The number of ether oxygens (including phenoxy) is 1. The van der Waals surface area contributed by atoms with Gasteiger partial charge in [0, 0.05) is 27.2 Å². The molecule has 1 saturated heterocycles. The van der Waals surface area contributed by atoms with Crippen LogP contribution in [0, 0.1) is 12.8 Å². The highest BCUT2D eigenvalue weighted by atomic mass is 32.1. The molecule has 152 valence electrons. The quantitative estimate of drug-likeness (QED) is 0.668. The van der Waals surface area contributed by atoms with E-state index in [1.54, 1.807) is 39.5 Å². The maximum absolute atomic E-state index is 12.6. The second-order valence-corrected chi connectivity index (χ2v) is 9.06. The Kier molecular flexibility index (Phi) is 5.13. The van der Waals surface area contributed by atoms with Gasteiger partial charge >= 0.3 is 0 Å². The van der Waals surface area contributed by atoms with Crippen LogP contribution in [0.15, 0.2) is 18.2 Å². The van der Waals surface area contributed by atoms with Crippen molar-refractivity contribution in [2.45, 2.75) is 6.92 Å². The van der Waals surface area contributed by atoms with Crippen LogP contribution >= 0.6 is 22.7 Å². The van der Waals surface area contributed by atoms with Gasteiger partial charge in [-0.1, -0.05) is 22.7 Å². The van der Waals surface area contributed by atoms with Crippen molar-refractivity contribution in [3.63, 3.8) is 0 Å². The molecule has 2 aromatic heterocycles. The molecule has 0 bridgehead atoms. The van der Waals surface area contributed by atoms with Gasteiger partial charge in [-0.15, -0.1) is 0 Å². The summed E-state index contributed by atoms with van der Waals surface area (Å²) < 4.78 is 6.32. The number of nitrogens with one attached hydrogen (secondary N) is 1. The molecule has 0 spiro atoms. The number of nitrogens with zero attached hydrogens (tertiary/aromatic N) is 4. The number of aryl methyl sites for hydroxylation is 1. The number of amides is 2. The van der Waals surface area contributed by atoms with Gasteiger partial charge in [-0.3, -0.25) is 9.59 Å². The number of carbonyl (C=O) groups is 2. The lowest BCUT2D eigenvalue weighted by Gasteiger charge is -2.37. The van der Waals surface area contributed by atoms with Gasteiger partial charge < -0.3 is 19.9 Å². The van der Waals surface area contributed by atoms with Gasteiger partial charge in [0.15, 0.2) is 10.3 Å². The number of benzene rings is 1. The Hall–Kier alpha value is -2.72. The van der Waals surface area contributed by atoms with Crippen LogP contribution in [0.2, 0.25) is 0 Å². The number of aromatic nitrogens is 2. The van der Waals surface area contributed by atoms with Gasteiger partial charge in [-0.25, -0.2) is 9.97 Å². The third kappa shape index (κ3) is 3.77. The minimum Gasteiger partial charge on any atom is -0.497 e. The predicted molar refractivity (Wildman–Crippen MR) is 115 cm³/mol. The number of fused-ring (bicyclic) bond motifs is 1. The molecule has 0 radical (unpaired) electrons. The average molecular weight is 432 g/mol. The number of anilines is 2. The molecule has 8 nitrogen and oxygen atoms in total. The normalized spacial score (nSPS) is 14.0. The number of hydrogen-bond donors (Lipinski definition) is 1. The van der Waals surface area contributed by atoms with Crippen molar-refractivity contribution in [1.29, 1.82) is 0 Å². The van der Waals surface area contributed by atoms with Crippen LogP contribution < -0.4 is 15.0 Å². The fraction of sp³-hybridized carbons (Fsp3) is 0.368. The van der Waals surface area contributed by atoms with Crippen molar-refractivity contribution in [3.05, 3.63) is 28.8 Å². The first-order valence-corrected chi connectivity index (χ1v) is 10.7. The number of methoxy groups -OCH3 is 1. The molecular formula is C19H21N5O3S2. The third-order valence-electron chi connectivity index (χ3n) is 4.73. The minimum absolute atomic E-state index is 0.0818. The number of hydrogen-bond acceptors (Lipinski definition) is 8. The Labute approximate surface area is 176 Å². The first-order valence-electron chi connectivity index (χ1n) is 9.05. The summed E-state index contributed by atoms with van der Waals surface area (Å²) in [7, 11) is 5.03. The van der Waals surface area contributed by atoms with Gasteiger partial charge in [0.25, 0.3) is 5.91 Å². The largest absolute Gasteiger partial charge is 0.497 e. The lowest BCUT2D eigenvalue weighted by atomic mass is 10.0. The van der Waals surface area contributed by atoms with Crippen LogP contribution in [0.3, 0.4) is 0 Å². The van der Waals surface area contributed by atoms with E-state index in [4.69, 9.17) is 4.74 Å². The molecule has 0 saturated carbocycles. The smallest absolute Gasteiger partial charge is 0.265 e. The van der Waals surface area contributed by atoms with E-state index in [-0.39, 0.29) is 17.7 Å². The second-order valence-electron chi connectivity index (χ2n) is 7.05. The maximum Gasteiger partial charge on any atom is 0.265 e. The summed E-state index contributed by atoms with van der Waals surface area (Å²) >= 11 is 2.80. The fourth-order valence-electron chi connectivity index (χ4n) is 3.01. The number of carbonyl (C=O) groups excluding carboxylic acids is 2. The lowest BCUT2D eigenvalue weighted by Crippen LogP contribution is -2.52. The third-order valence-corrected chi connectivity index (χ3v) is 6.87. The van der Waals surface area contributed by atoms with E-state index in [0.29, 0.717) is 28.8 Å². The van der Waals surface area contributed by atoms with E-state index in [1.165, 1.54) is 16.2 Å². The molecule has 1 fully saturated rings. The lowest BCUT2D eigenvalue weighted by molar-refractivity contribution is -0.120. The number of rotatable bonds is 5. The number of thiazole rings is 2. The van der Waals surface area contributed by atoms with Crippen molar-refractivity contribution >= 4 is 55.0 Å². The molecule has 3 heterocycles. The topological polar surface area (TPSA) is 87.7 Å². The predicted octanol–water partition coefficient (Wildman–Crippen LogP) is 2.85. The maximum atomic E-state index is 12.6. The monoisotopic (exact) mass is 431 g/mol. The van der Waals surface area contributed by atoms with Crippen molar-refractivity contribution in [2.24, 2.45) is 5.92 Å². The van der Waals surface area contributed by atoms with E-state index in [9.17, 15) is 9.59 Å². The minimum atomic E-state index is -0.131. The molecule has 0 unspecified atom stereocenters. The van der Waals surface area contributed by atoms with Gasteiger partial charge in [-0.2, -0.15) is 0 Å². The molecule has 1 aliphatic heterocycles. The van der Waals surface area contributed by atoms with E-state index in [0.717, 1.165) is 21.1 Å². The first kappa shape index (κ1) is 19.6. The Morgan fingerprint density at radius 1 is 1.24 bits per heavy atom. The standard InChI is InChI=1S/C19H21N5O3S2/c1-10-15(17(26)23(2)3)29-18(20-10)22-16(25)11-8-24(9-11)19-21-13-6-5-12(27-4)7-14(13)28-19/h5-7,11H,8-9H2,1-4H3,(H,20,22,25). The average Bonchev–Trinajstić information content (AvgIpc) is 3.21. The molecule has 2 amide bonds. The van der Waals surface area contributed by atoms with Crippen LogP contribution in [0.1, 0.15) is 15.4 Å². The molecule has 3 aromatic rings. The summed E-state index contributed by atoms with van der Waals surface area (Å²) in [5.74, 6) is 0.484. The molecule has 1 aromatic carbocycles. The molecule has 10 heteroatoms. The summed E-state index contributed by atoms with van der Waals surface area (Å²) in [6.07, 6.45) is 0. The molecule has 0 aliphatic carbocycles. The van der Waals surface area contributed by atoms with E-state index in [2.05, 4.69) is 20.2 Å². The highest BCUT2D eigenvalue weighted by molar-refractivity contribution is 7.22. The summed E-state index contributed by atoms with van der Waals surface area (Å²) in [6.45, 7) is 2.99. The zero-order valence-electron chi connectivity index (χ0n) is 16.6. The summed E-state index contributed by atoms with van der Waals surface area (Å²) in [5, 5.41) is 4.22. The molecule has 4 rings (SSSR count). The second kappa shape index (κ2) is 7.60. The van der Waals surface area contributed by atoms with Gasteiger partial charge in [-0.05, 0) is 25.1 Å². The van der Waals surface area contributed by atoms with Crippen molar-refractivity contribution in [2.75, 3.05) is 44.5 Å². The van der Waals surface area contributed by atoms with E-state index < -0.39 is 0 Å². The van der Waals surface area contributed by atoms with Gasteiger partial charge in [0.2, 0.25) is 5.91 Å². The molecule has 29 heavy (non-hydrogen) atoms. The zero-order chi connectivity index (χ0) is 20.7. The van der Waals surface area contributed by atoms with Crippen LogP contribution in [0.5, 0.6) is 5.75 Å². The van der Waals surface area contributed by atoms with Crippen LogP contribution in [0.4, 0.5) is 10.3 Å². The Morgan fingerprint density at radius 2 is 2.00 bits per heavy atom. The van der Waals surface area contributed by atoms with Crippen molar-refractivity contribution < 1.29 is 14.3 Å². The van der Waals surface area contributed by atoms with Gasteiger partial charge in [0.05, 0.1) is 28.9 Å². The van der Waals surface area contributed by atoms with E-state index >= 15 is 0 Å². The molecule has 1 N–H and O–H groups in total. The summed E-state index contributed by atoms with van der Waals surface area (Å²) in [5.41, 5.74) is 1.55. The Bertz CT molecular complexity index is 1080. The van der Waals surface area contributed by atoms with E-state index in [1.807, 2.05) is 18.2 Å². The van der Waals surface area contributed by atoms with Crippen LogP contribution in [-0.4, -0.2) is 61.0 Å². The molecular weight excluding hydrogens is 410 g/mol. The van der Waals surface area contributed by atoms with Gasteiger partial charge in [0.1, 0.15) is 10.6 Å². The van der Waals surface area contributed by atoms with Crippen molar-refractivity contribution in [1.82, 2.24) is 14.9 Å². The Morgan fingerprint density at radius 3 is 2.69 bits per heavy atom. The van der Waals surface area contributed by atoms with Crippen molar-refractivity contribution in [3.8, 4) is 5.75 Å². The summed E-state index contributed by atoms with van der Waals surface area (Å²) in [6, 6.07) is 5.80. The fourth-order valence-corrected chi connectivity index (χ4v) is 5.02. The SMILES string of the molecule is COc1ccc2nc(N3CC(C(=O)Nc4nc(C)c(C(=O)N(C)C)s4)C3)sc2c1. The highest BCUT2D eigenvalue weighted by Crippen LogP contribution is 2.35. The van der Waals surface area contributed by atoms with Crippen LogP contribution in [-0.2, 0) is 4.79 Å². The molecule has 0 atom stereocenters. The Balaban J connectivity index is 1.38. The highest BCUT2D eigenvalue weighted by Gasteiger charge is 2.35. The van der Waals surface area contributed by atoms with Crippen LogP contribution in [0.25, 0.3) is 10.2 Å². The molecule has 1 aliphatic rings. The first-order chi connectivity index (χ1) is 13.9.